The van der Waals surface area contributed by atoms with Gasteiger partial charge < -0.3 is 24.3 Å². The van der Waals surface area contributed by atoms with Crippen LogP contribution in [0, 0.1) is 0 Å². The van der Waals surface area contributed by atoms with Crippen molar-refractivity contribution in [2.75, 3.05) is 14.2 Å². The molecule has 10 nitrogen and oxygen atoms in total. The number of methoxy groups -OCH3 is 2. The average molecular weight is 557 g/mol. The van der Waals surface area contributed by atoms with Crippen LogP contribution in [0.15, 0.2) is 94.8 Å². The molecule has 41 heavy (non-hydrogen) atoms. The molecule has 0 saturated heterocycles. The van der Waals surface area contributed by atoms with Crippen LogP contribution in [0.4, 0.5) is 0 Å². The molecule has 0 aliphatic carbocycles. The molecule has 5 aromatic rings. The van der Waals surface area contributed by atoms with E-state index in [1.807, 2.05) is 78.9 Å². The number of aromatic nitrogens is 4. The minimum atomic E-state index is -1.40. The van der Waals surface area contributed by atoms with Crippen LogP contribution in [0.1, 0.15) is 16.7 Å². The molecule has 0 bridgehead atoms. The van der Waals surface area contributed by atoms with Crippen molar-refractivity contribution < 1.29 is 19.7 Å². The van der Waals surface area contributed by atoms with Crippen molar-refractivity contribution in [3.63, 3.8) is 0 Å². The van der Waals surface area contributed by atoms with E-state index in [-0.39, 0.29) is 17.7 Å². The quantitative estimate of drug-likeness (QED) is 0.267. The van der Waals surface area contributed by atoms with Crippen molar-refractivity contribution in [2.45, 2.75) is 24.2 Å². The van der Waals surface area contributed by atoms with Crippen LogP contribution in [0.5, 0.6) is 11.5 Å². The van der Waals surface area contributed by atoms with Crippen molar-refractivity contribution >= 4 is 11.2 Å². The number of aliphatic hydroxyl groups excluding tert-OH is 2. The molecule has 2 heterocycles. The predicted molar refractivity (Wildman–Crippen MR) is 155 cm³/mol. The molecule has 0 aliphatic heterocycles. The molecule has 0 radical (unpaired) electrons. The van der Waals surface area contributed by atoms with Crippen LogP contribution in [-0.4, -0.2) is 55.3 Å². The first-order chi connectivity index (χ1) is 19.7. The van der Waals surface area contributed by atoms with Gasteiger partial charge in [-0.05, 0) is 41.0 Å². The van der Waals surface area contributed by atoms with E-state index in [9.17, 15) is 19.8 Å². The summed E-state index contributed by atoms with van der Waals surface area (Å²) < 4.78 is 14.5. The highest BCUT2D eigenvalue weighted by molar-refractivity contribution is 5.70. The van der Waals surface area contributed by atoms with Crippen molar-refractivity contribution in [3.05, 3.63) is 123 Å². The van der Waals surface area contributed by atoms with Crippen molar-refractivity contribution in [3.8, 4) is 11.5 Å². The van der Waals surface area contributed by atoms with Crippen molar-refractivity contribution in [1.29, 1.82) is 0 Å². The lowest BCUT2D eigenvalue weighted by Gasteiger charge is -2.42. The van der Waals surface area contributed by atoms with Crippen LogP contribution < -0.4 is 20.7 Å². The van der Waals surface area contributed by atoms with Gasteiger partial charge in [-0.25, -0.2) is 9.78 Å². The van der Waals surface area contributed by atoms with E-state index in [4.69, 9.17) is 9.47 Å². The maximum absolute atomic E-state index is 13.0. The molecule has 2 aromatic heterocycles. The van der Waals surface area contributed by atoms with Crippen molar-refractivity contribution in [1.82, 2.24) is 18.7 Å². The SMILES string of the molecule is COc1ccc(C(c2ccccc2)(c2ccc(OC)cc2)C(O)C(O)Cn2cnc3c2c(=O)n(C)c(=O)n3C)cc1. The number of fused-ring (bicyclic) bond motifs is 1. The second-order valence-electron chi connectivity index (χ2n) is 9.92. The van der Waals surface area contributed by atoms with Gasteiger partial charge in [0.25, 0.3) is 5.56 Å². The number of aliphatic hydroxyl groups is 2. The third-order valence-electron chi connectivity index (χ3n) is 7.73. The molecule has 0 amide bonds. The summed E-state index contributed by atoms with van der Waals surface area (Å²) in [6, 6.07) is 24.1. The molecule has 0 aliphatic rings. The van der Waals surface area contributed by atoms with Gasteiger partial charge in [0, 0.05) is 14.1 Å². The summed E-state index contributed by atoms with van der Waals surface area (Å²) in [6.07, 6.45) is -1.38. The molecule has 212 valence electrons. The van der Waals surface area contributed by atoms with Crippen LogP contribution in [0.25, 0.3) is 11.2 Å². The number of hydrogen-bond acceptors (Lipinski definition) is 7. The van der Waals surface area contributed by atoms with Gasteiger partial charge in [0.15, 0.2) is 11.2 Å². The number of rotatable bonds is 9. The zero-order valence-electron chi connectivity index (χ0n) is 23.3. The third-order valence-corrected chi connectivity index (χ3v) is 7.73. The van der Waals surface area contributed by atoms with Gasteiger partial charge in [-0.1, -0.05) is 54.6 Å². The van der Waals surface area contributed by atoms with E-state index in [0.717, 1.165) is 21.3 Å². The average Bonchev–Trinajstić information content (AvgIpc) is 3.44. The highest BCUT2D eigenvalue weighted by Gasteiger charge is 2.46. The Kier molecular flexibility index (Phi) is 7.53. The van der Waals surface area contributed by atoms with Crippen LogP contribution >= 0.6 is 0 Å². The summed E-state index contributed by atoms with van der Waals surface area (Å²) in [5.74, 6) is 1.29. The summed E-state index contributed by atoms with van der Waals surface area (Å²) in [7, 11) is 6.08. The first-order valence-electron chi connectivity index (χ1n) is 13.1. The Morgan fingerprint density at radius 3 is 1.80 bits per heavy atom. The summed E-state index contributed by atoms with van der Waals surface area (Å²) in [5, 5.41) is 24.0. The molecular formula is C31H32N4O6. The first-order valence-corrected chi connectivity index (χ1v) is 13.1. The van der Waals surface area contributed by atoms with E-state index in [1.165, 1.54) is 29.6 Å². The highest BCUT2D eigenvalue weighted by atomic mass is 16.5. The number of benzene rings is 3. The molecule has 10 heteroatoms. The lowest BCUT2D eigenvalue weighted by atomic mass is 9.64. The number of imidazole rings is 1. The van der Waals surface area contributed by atoms with Gasteiger partial charge in [-0.3, -0.25) is 13.9 Å². The van der Waals surface area contributed by atoms with Crippen LogP contribution in [0.2, 0.25) is 0 Å². The third kappa shape index (κ3) is 4.60. The first kappa shape index (κ1) is 27.9. The lowest BCUT2D eigenvalue weighted by Crippen LogP contribution is -2.50. The van der Waals surface area contributed by atoms with Gasteiger partial charge in [0.05, 0.1) is 44.7 Å². The monoisotopic (exact) mass is 556 g/mol. The number of hydrogen-bond donors (Lipinski definition) is 2. The van der Waals surface area contributed by atoms with E-state index < -0.39 is 28.9 Å². The van der Waals surface area contributed by atoms with E-state index in [2.05, 4.69) is 4.98 Å². The van der Waals surface area contributed by atoms with Crippen LogP contribution in [-0.2, 0) is 26.1 Å². The summed E-state index contributed by atoms with van der Waals surface area (Å²) in [6.45, 7) is -0.161. The zero-order valence-corrected chi connectivity index (χ0v) is 23.3. The Morgan fingerprint density at radius 2 is 1.29 bits per heavy atom. The lowest BCUT2D eigenvalue weighted by molar-refractivity contribution is -0.0181. The molecule has 0 fully saturated rings. The van der Waals surface area contributed by atoms with E-state index in [1.54, 1.807) is 14.2 Å². The highest BCUT2D eigenvalue weighted by Crippen LogP contribution is 2.44. The maximum atomic E-state index is 13.0. The van der Waals surface area contributed by atoms with Crippen LogP contribution in [0.3, 0.4) is 0 Å². The Hall–Kier alpha value is -4.67. The van der Waals surface area contributed by atoms with E-state index >= 15 is 0 Å². The molecule has 0 saturated carbocycles. The Labute approximate surface area is 236 Å². The minimum Gasteiger partial charge on any atom is -0.497 e. The molecule has 2 N–H and O–H groups in total. The second kappa shape index (κ2) is 11.1. The fourth-order valence-electron chi connectivity index (χ4n) is 5.55. The zero-order chi connectivity index (χ0) is 29.3. The predicted octanol–water partition coefficient (Wildman–Crippen LogP) is 2.21. The van der Waals surface area contributed by atoms with Gasteiger partial charge in [0.1, 0.15) is 11.5 Å². The summed E-state index contributed by atoms with van der Waals surface area (Å²) >= 11 is 0. The van der Waals surface area contributed by atoms with Gasteiger partial charge >= 0.3 is 5.69 Å². The van der Waals surface area contributed by atoms with Gasteiger partial charge in [-0.2, -0.15) is 0 Å². The van der Waals surface area contributed by atoms with Gasteiger partial charge in [-0.15, -0.1) is 0 Å². The standard InChI is InChI=1S/C31H32N4O6/c1-33-28-26(29(38)34(2)30(33)39)35(19-32-28)18-25(36)27(37)31(20-8-6-5-7-9-20,21-10-14-23(40-3)15-11-21)22-12-16-24(41-4)17-13-22/h5-17,19,25,27,36-37H,18H2,1-4H3. The number of ether oxygens (including phenoxy) is 2. The maximum Gasteiger partial charge on any atom is 0.332 e. The molecule has 3 aromatic carbocycles. The van der Waals surface area contributed by atoms with Gasteiger partial charge in [0.2, 0.25) is 0 Å². The minimum absolute atomic E-state index is 0.153. The summed E-state index contributed by atoms with van der Waals surface area (Å²) in [5.41, 5.74) is 0.241. The number of nitrogens with zero attached hydrogens (tertiary/aromatic N) is 4. The van der Waals surface area contributed by atoms with Crippen molar-refractivity contribution in [2.24, 2.45) is 14.1 Å². The largest absolute Gasteiger partial charge is 0.497 e. The number of aryl methyl sites for hydroxylation is 1. The molecule has 5 rings (SSSR count). The Balaban J connectivity index is 1.70. The van der Waals surface area contributed by atoms with E-state index in [0.29, 0.717) is 11.5 Å². The second-order valence-corrected chi connectivity index (χ2v) is 9.92. The molecule has 2 atom stereocenters. The molecule has 0 spiro atoms. The summed E-state index contributed by atoms with van der Waals surface area (Å²) in [4.78, 5) is 29.7. The Morgan fingerprint density at radius 1 is 0.780 bits per heavy atom. The smallest absolute Gasteiger partial charge is 0.332 e. The Bertz CT molecular complexity index is 1730. The molecular weight excluding hydrogens is 524 g/mol. The topological polar surface area (TPSA) is 121 Å². The fourth-order valence-corrected chi connectivity index (χ4v) is 5.55. The fraction of sp³-hybridized carbons (Fsp3) is 0.258. The normalized spacial score (nSPS) is 13.2. The molecule has 2 unspecified atom stereocenters.